The molecule has 3 rings (SSSR count). The van der Waals surface area contributed by atoms with Gasteiger partial charge in [0.05, 0.1) is 6.04 Å². The van der Waals surface area contributed by atoms with Gasteiger partial charge in [0.25, 0.3) is 0 Å². The van der Waals surface area contributed by atoms with Gasteiger partial charge in [-0.1, -0.05) is 18.5 Å². The Morgan fingerprint density at radius 1 is 1.32 bits per heavy atom. The predicted octanol–water partition coefficient (Wildman–Crippen LogP) is 3.06. The first-order valence-corrected chi connectivity index (χ1v) is 8.99. The second-order valence-electron chi connectivity index (χ2n) is 6.75. The molecule has 1 fully saturated rings. The largest absolute Gasteiger partial charge is 0.423 e. The van der Waals surface area contributed by atoms with Gasteiger partial charge in [-0.15, -0.1) is 0 Å². The molecule has 5 nitrogen and oxygen atoms in total. The highest BCUT2D eigenvalue weighted by molar-refractivity contribution is 6.32. The molecule has 0 aliphatic carbocycles. The van der Waals surface area contributed by atoms with Crippen LogP contribution in [0, 0.1) is 0 Å². The molecule has 1 saturated heterocycles. The highest BCUT2D eigenvalue weighted by atomic mass is 35.5. The zero-order valence-corrected chi connectivity index (χ0v) is 15.6. The zero-order valence-electron chi connectivity index (χ0n) is 14.8. The van der Waals surface area contributed by atoms with Crippen LogP contribution in [0.5, 0.6) is 0 Å². The molecule has 2 heterocycles. The minimum absolute atomic E-state index is 0.107. The SMILES string of the molecule is CCc1cc2oc(=O)cc(CN3CCCC3C(=O)N(C)C)c2cc1Cl. The molecule has 1 atom stereocenters. The van der Waals surface area contributed by atoms with Gasteiger partial charge in [0, 0.05) is 37.1 Å². The van der Waals surface area contributed by atoms with E-state index in [1.165, 1.54) is 6.07 Å². The van der Waals surface area contributed by atoms with E-state index in [2.05, 4.69) is 4.90 Å². The number of aryl methyl sites for hydroxylation is 1. The van der Waals surface area contributed by atoms with Crippen LogP contribution in [0.15, 0.2) is 27.4 Å². The topological polar surface area (TPSA) is 53.8 Å². The lowest BCUT2D eigenvalue weighted by atomic mass is 10.1. The number of rotatable bonds is 4. The van der Waals surface area contributed by atoms with Crippen LogP contribution in [0.1, 0.15) is 30.9 Å². The summed E-state index contributed by atoms with van der Waals surface area (Å²) >= 11 is 6.36. The Labute approximate surface area is 152 Å². The van der Waals surface area contributed by atoms with Crippen molar-refractivity contribution in [1.82, 2.24) is 9.80 Å². The Bertz CT molecular complexity index is 860. The molecule has 134 valence electrons. The average molecular weight is 363 g/mol. The van der Waals surface area contributed by atoms with E-state index in [0.717, 1.165) is 42.3 Å². The minimum Gasteiger partial charge on any atom is -0.423 e. The van der Waals surface area contributed by atoms with Gasteiger partial charge in [-0.25, -0.2) is 4.79 Å². The number of nitrogens with zero attached hydrogens (tertiary/aromatic N) is 2. The van der Waals surface area contributed by atoms with E-state index in [4.69, 9.17) is 16.0 Å². The molecular formula is C19H23ClN2O3. The smallest absolute Gasteiger partial charge is 0.336 e. The van der Waals surface area contributed by atoms with Crippen molar-refractivity contribution in [2.75, 3.05) is 20.6 Å². The quantitative estimate of drug-likeness (QED) is 0.784. The maximum Gasteiger partial charge on any atom is 0.336 e. The molecule has 1 aliphatic rings. The van der Waals surface area contributed by atoms with Gasteiger partial charge in [-0.3, -0.25) is 9.69 Å². The summed E-state index contributed by atoms with van der Waals surface area (Å²) in [5.74, 6) is 0.107. The van der Waals surface area contributed by atoms with E-state index in [9.17, 15) is 9.59 Å². The number of likely N-dealkylation sites (tertiary alicyclic amines) is 1. The van der Waals surface area contributed by atoms with Crippen LogP contribution in [-0.4, -0.2) is 42.4 Å². The van der Waals surface area contributed by atoms with Gasteiger partial charge in [-0.05, 0) is 49.1 Å². The molecule has 25 heavy (non-hydrogen) atoms. The number of benzene rings is 1. The summed E-state index contributed by atoms with van der Waals surface area (Å²) < 4.78 is 5.37. The summed E-state index contributed by atoms with van der Waals surface area (Å²) in [6, 6.07) is 5.09. The van der Waals surface area contributed by atoms with Crippen molar-refractivity contribution in [3.8, 4) is 0 Å². The molecule has 2 aromatic rings. The number of halogens is 1. The summed E-state index contributed by atoms with van der Waals surface area (Å²) in [5.41, 5.74) is 1.99. The van der Waals surface area contributed by atoms with E-state index in [1.807, 2.05) is 19.1 Å². The molecule has 6 heteroatoms. The zero-order chi connectivity index (χ0) is 18.1. The molecule has 1 amide bonds. The van der Waals surface area contributed by atoms with Gasteiger partial charge in [0.2, 0.25) is 5.91 Å². The van der Waals surface area contributed by atoms with Crippen LogP contribution in [0.25, 0.3) is 11.0 Å². The molecule has 1 aliphatic heterocycles. The maximum atomic E-state index is 12.4. The van der Waals surface area contributed by atoms with Crippen molar-refractivity contribution in [3.05, 3.63) is 44.8 Å². The molecule has 0 saturated carbocycles. The van der Waals surface area contributed by atoms with Crippen LogP contribution >= 0.6 is 11.6 Å². The standard InChI is InChI=1S/C19H23ClN2O3/c1-4-12-8-17-14(10-15(12)20)13(9-18(23)25-17)11-22-7-5-6-16(22)19(24)21(2)3/h8-10,16H,4-7,11H2,1-3H3. The van der Waals surface area contributed by atoms with Crippen molar-refractivity contribution in [2.45, 2.75) is 38.8 Å². The fraction of sp³-hybridized carbons (Fsp3) is 0.474. The van der Waals surface area contributed by atoms with Crippen molar-refractivity contribution in [1.29, 1.82) is 0 Å². The average Bonchev–Trinajstić information content (AvgIpc) is 3.02. The lowest BCUT2D eigenvalue weighted by Crippen LogP contribution is -2.42. The highest BCUT2D eigenvalue weighted by Gasteiger charge is 2.32. The molecule has 0 N–H and O–H groups in total. The van der Waals surface area contributed by atoms with Crippen LogP contribution in [0.2, 0.25) is 5.02 Å². The molecule has 1 aromatic carbocycles. The Hall–Kier alpha value is -1.85. The third kappa shape index (κ3) is 3.58. The van der Waals surface area contributed by atoms with Crippen LogP contribution in [-0.2, 0) is 17.8 Å². The molecule has 0 bridgehead atoms. The van der Waals surface area contributed by atoms with Gasteiger partial charge < -0.3 is 9.32 Å². The normalized spacial score (nSPS) is 18.0. The summed E-state index contributed by atoms with van der Waals surface area (Å²) in [5, 5.41) is 1.51. The van der Waals surface area contributed by atoms with Crippen molar-refractivity contribution in [2.24, 2.45) is 0 Å². The molecule has 1 unspecified atom stereocenters. The summed E-state index contributed by atoms with van der Waals surface area (Å²) in [6.07, 6.45) is 2.59. The molecule has 1 aromatic heterocycles. The van der Waals surface area contributed by atoms with Gasteiger partial charge >= 0.3 is 5.63 Å². The third-order valence-corrected chi connectivity index (χ3v) is 5.19. The monoisotopic (exact) mass is 362 g/mol. The van der Waals surface area contributed by atoms with Gasteiger partial charge in [0.1, 0.15) is 5.58 Å². The van der Waals surface area contributed by atoms with E-state index in [1.54, 1.807) is 19.0 Å². The van der Waals surface area contributed by atoms with Gasteiger partial charge in [-0.2, -0.15) is 0 Å². The molecule has 0 radical (unpaired) electrons. The lowest BCUT2D eigenvalue weighted by Gasteiger charge is -2.26. The van der Waals surface area contributed by atoms with Crippen LogP contribution < -0.4 is 5.63 Å². The number of hydrogen-bond acceptors (Lipinski definition) is 4. The fourth-order valence-electron chi connectivity index (χ4n) is 3.50. The van der Waals surface area contributed by atoms with E-state index < -0.39 is 0 Å². The number of carbonyl (C=O) groups is 1. The van der Waals surface area contributed by atoms with Crippen molar-refractivity contribution < 1.29 is 9.21 Å². The van der Waals surface area contributed by atoms with E-state index >= 15 is 0 Å². The number of amides is 1. The highest BCUT2D eigenvalue weighted by Crippen LogP contribution is 2.28. The number of hydrogen-bond donors (Lipinski definition) is 0. The fourth-order valence-corrected chi connectivity index (χ4v) is 3.80. The van der Waals surface area contributed by atoms with Crippen molar-refractivity contribution in [3.63, 3.8) is 0 Å². The van der Waals surface area contributed by atoms with Gasteiger partial charge in [0.15, 0.2) is 0 Å². The third-order valence-electron chi connectivity index (χ3n) is 4.84. The van der Waals surface area contributed by atoms with E-state index in [-0.39, 0.29) is 17.6 Å². The summed E-state index contributed by atoms with van der Waals surface area (Å²) in [7, 11) is 3.55. The number of likely N-dealkylation sites (N-methyl/N-ethyl adjacent to an activating group) is 1. The van der Waals surface area contributed by atoms with Crippen LogP contribution in [0.3, 0.4) is 0 Å². The first-order chi connectivity index (χ1) is 11.9. The molecule has 0 spiro atoms. The van der Waals surface area contributed by atoms with E-state index in [0.29, 0.717) is 17.2 Å². The Morgan fingerprint density at radius 2 is 2.08 bits per heavy atom. The Morgan fingerprint density at radius 3 is 2.76 bits per heavy atom. The number of carbonyl (C=O) groups excluding carboxylic acids is 1. The minimum atomic E-state index is -0.374. The Kier molecular flexibility index (Phi) is 5.16. The number of fused-ring (bicyclic) bond motifs is 1. The van der Waals surface area contributed by atoms with Crippen molar-refractivity contribution >= 4 is 28.5 Å². The Balaban J connectivity index is 1.99. The second-order valence-corrected chi connectivity index (χ2v) is 7.15. The second kappa shape index (κ2) is 7.18. The first kappa shape index (κ1) is 18.0. The lowest BCUT2D eigenvalue weighted by molar-refractivity contribution is -0.133. The summed E-state index contributed by atoms with van der Waals surface area (Å²) in [6.45, 7) is 3.39. The predicted molar refractivity (Wildman–Crippen MR) is 99.0 cm³/mol. The first-order valence-electron chi connectivity index (χ1n) is 8.61. The summed E-state index contributed by atoms with van der Waals surface area (Å²) in [4.78, 5) is 28.2. The van der Waals surface area contributed by atoms with Crippen LogP contribution in [0.4, 0.5) is 0 Å². The maximum absolute atomic E-state index is 12.4. The molecular weight excluding hydrogens is 340 g/mol.